The highest BCUT2D eigenvalue weighted by atomic mass is 32.2. The average molecular weight is 479 g/mol. The van der Waals surface area contributed by atoms with Crippen molar-refractivity contribution in [1.82, 2.24) is 14.9 Å². The third kappa shape index (κ3) is 5.18. The number of anilines is 2. The van der Waals surface area contributed by atoms with Gasteiger partial charge in [0.05, 0.1) is 6.10 Å². The van der Waals surface area contributed by atoms with Crippen LogP contribution >= 0.6 is 0 Å². The van der Waals surface area contributed by atoms with Crippen molar-refractivity contribution in [1.29, 1.82) is 0 Å². The molecule has 0 spiro atoms. The molecular formula is C22H27FN4O5S. The van der Waals surface area contributed by atoms with Gasteiger partial charge in [-0.3, -0.25) is 0 Å². The average Bonchev–Trinajstić information content (AvgIpc) is 3.15. The first-order valence-corrected chi connectivity index (χ1v) is 12.7. The lowest BCUT2D eigenvalue weighted by Gasteiger charge is -2.31. The molecule has 1 aromatic carbocycles. The Morgan fingerprint density at radius 2 is 1.88 bits per heavy atom. The first kappa shape index (κ1) is 23.2. The van der Waals surface area contributed by atoms with Crippen molar-refractivity contribution in [3.8, 4) is 5.88 Å². The Morgan fingerprint density at radius 1 is 1.15 bits per heavy atom. The van der Waals surface area contributed by atoms with Crippen molar-refractivity contribution >= 4 is 27.4 Å². The van der Waals surface area contributed by atoms with Gasteiger partial charge in [0.1, 0.15) is 29.0 Å². The van der Waals surface area contributed by atoms with Gasteiger partial charge in [-0.1, -0.05) is 0 Å². The van der Waals surface area contributed by atoms with Crippen LogP contribution in [0.4, 0.5) is 20.7 Å². The zero-order chi connectivity index (χ0) is 23.8. The summed E-state index contributed by atoms with van der Waals surface area (Å²) in [5.74, 6) is 0.157. The molecule has 0 radical (unpaired) electrons. The second-order valence-electron chi connectivity index (χ2n) is 8.54. The molecule has 11 heteroatoms. The molecule has 178 valence electrons. The van der Waals surface area contributed by atoms with Gasteiger partial charge in [0.15, 0.2) is 9.84 Å². The van der Waals surface area contributed by atoms with E-state index in [1.165, 1.54) is 18.5 Å². The van der Waals surface area contributed by atoms with Gasteiger partial charge in [-0.05, 0) is 38.0 Å². The number of carbonyl (C=O) groups is 1. The van der Waals surface area contributed by atoms with Gasteiger partial charge in [0, 0.05) is 50.5 Å². The summed E-state index contributed by atoms with van der Waals surface area (Å²) in [7, 11) is -3.65. The highest BCUT2D eigenvalue weighted by molar-refractivity contribution is 7.90. The number of carbonyl (C=O) groups excluding carboxylic acids is 1. The Morgan fingerprint density at radius 3 is 2.55 bits per heavy atom. The van der Waals surface area contributed by atoms with E-state index in [9.17, 15) is 17.6 Å². The molecule has 4 rings (SSSR count). The molecule has 0 bridgehead atoms. The summed E-state index contributed by atoms with van der Waals surface area (Å²) in [5, 5.41) is 0. The molecule has 0 atom stereocenters. The van der Waals surface area contributed by atoms with Crippen LogP contribution in [0, 0.1) is 5.82 Å². The number of hydrogen-bond acceptors (Lipinski definition) is 8. The molecule has 3 heterocycles. The number of nitrogens with zero attached hydrogens (tertiary/aromatic N) is 4. The van der Waals surface area contributed by atoms with Gasteiger partial charge in [0.2, 0.25) is 5.88 Å². The second-order valence-corrected chi connectivity index (χ2v) is 10.5. The zero-order valence-corrected chi connectivity index (χ0v) is 19.6. The highest BCUT2D eigenvalue weighted by Crippen LogP contribution is 2.37. The van der Waals surface area contributed by atoms with Crippen LogP contribution in [0.1, 0.15) is 32.3 Å². The number of piperidine rings is 1. The number of amides is 1. The smallest absolute Gasteiger partial charge is 0.410 e. The van der Waals surface area contributed by atoms with E-state index in [1.807, 2.05) is 18.7 Å². The minimum atomic E-state index is -3.65. The number of sulfone groups is 1. The number of aromatic nitrogens is 2. The SMILES string of the molecule is CC(C)OC(=O)N1CCC(Oc2cc(N3CCc4cc(S(C)(=O)=O)c(F)cc43)ncn2)CC1. The van der Waals surface area contributed by atoms with Crippen LogP contribution in [-0.4, -0.2) is 67.5 Å². The number of ether oxygens (including phenoxy) is 2. The number of likely N-dealkylation sites (tertiary alicyclic amines) is 1. The molecule has 2 aliphatic rings. The molecule has 33 heavy (non-hydrogen) atoms. The number of rotatable bonds is 5. The molecule has 0 N–H and O–H groups in total. The lowest BCUT2D eigenvalue weighted by atomic mass is 10.1. The third-order valence-corrected chi connectivity index (χ3v) is 6.77. The number of benzene rings is 1. The molecule has 0 unspecified atom stereocenters. The maximum atomic E-state index is 14.5. The maximum absolute atomic E-state index is 14.5. The molecule has 1 aromatic heterocycles. The van der Waals surface area contributed by atoms with E-state index >= 15 is 0 Å². The van der Waals surface area contributed by atoms with Gasteiger partial charge in [-0.15, -0.1) is 0 Å². The monoisotopic (exact) mass is 478 g/mol. The maximum Gasteiger partial charge on any atom is 0.410 e. The van der Waals surface area contributed by atoms with Gasteiger partial charge < -0.3 is 19.3 Å². The van der Waals surface area contributed by atoms with Crippen molar-refractivity contribution in [3.63, 3.8) is 0 Å². The summed E-state index contributed by atoms with van der Waals surface area (Å²) in [4.78, 5) is 23.7. The van der Waals surface area contributed by atoms with Gasteiger partial charge >= 0.3 is 6.09 Å². The van der Waals surface area contributed by atoms with E-state index in [0.29, 0.717) is 56.3 Å². The van der Waals surface area contributed by atoms with Crippen molar-refractivity contribution in [3.05, 3.63) is 35.9 Å². The standard InChI is InChI=1S/C22H27FN4O5S/c1-14(2)31-22(28)26-7-5-16(6-8-26)32-21-12-20(24-13-25-21)27-9-4-15-10-19(33(3,29)30)17(23)11-18(15)27/h10-14,16H,4-9H2,1-3H3. The molecule has 9 nitrogen and oxygen atoms in total. The topological polar surface area (TPSA) is 102 Å². The zero-order valence-electron chi connectivity index (χ0n) is 18.8. The predicted molar refractivity (Wildman–Crippen MR) is 119 cm³/mol. The van der Waals surface area contributed by atoms with Crippen LogP contribution in [0.15, 0.2) is 29.4 Å². The Kier molecular flexibility index (Phi) is 6.42. The molecule has 1 fully saturated rings. The Balaban J connectivity index is 1.44. The molecular weight excluding hydrogens is 451 g/mol. The summed E-state index contributed by atoms with van der Waals surface area (Å²) >= 11 is 0. The molecule has 0 saturated carbocycles. The van der Waals surface area contributed by atoms with Crippen LogP contribution in [0.5, 0.6) is 5.88 Å². The first-order chi connectivity index (χ1) is 15.6. The van der Waals surface area contributed by atoms with E-state index in [-0.39, 0.29) is 23.2 Å². The van der Waals surface area contributed by atoms with Gasteiger partial charge in [-0.25, -0.2) is 27.6 Å². The summed E-state index contributed by atoms with van der Waals surface area (Å²) < 4.78 is 49.4. The summed E-state index contributed by atoms with van der Waals surface area (Å²) in [6.45, 7) is 5.25. The number of hydrogen-bond donors (Lipinski definition) is 0. The van der Waals surface area contributed by atoms with E-state index in [1.54, 1.807) is 11.0 Å². The van der Waals surface area contributed by atoms with Crippen LogP contribution in [0.25, 0.3) is 0 Å². The molecule has 1 saturated heterocycles. The predicted octanol–water partition coefficient (Wildman–Crippen LogP) is 3.10. The van der Waals surface area contributed by atoms with E-state index in [2.05, 4.69) is 9.97 Å². The summed E-state index contributed by atoms with van der Waals surface area (Å²) in [6, 6.07) is 4.33. The second kappa shape index (κ2) is 9.12. The van der Waals surface area contributed by atoms with Crippen LogP contribution in [0.3, 0.4) is 0 Å². The van der Waals surface area contributed by atoms with Gasteiger partial charge in [-0.2, -0.15) is 0 Å². The van der Waals surface area contributed by atoms with Crippen molar-refractivity contribution in [2.45, 2.75) is 50.2 Å². The minimum absolute atomic E-state index is 0.100. The molecule has 1 amide bonds. The molecule has 2 aromatic rings. The number of halogens is 1. The van der Waals surface area contributed by atoms with Crippen molar-refractivity contribution < 1.29 is 27.1 Å². The van der Waals surface area contributed by atoms with E-state index < -0.39 is 15.7 Å². The lowest BCUT2D eigenvalue weighted by Crippen LogP contribution is -2.42. The Labute approximate surface area is 192 Å². The number of fused-ring (bicyclic) bond motifs is 1. The summed E-state index contributed by atoms with van der Waals surface area (Å²) in [6.07, 6.45) is 3.69. The molecule has 0 aliphatic carbocycles. The fourth-order valence-electron chi connectivity index (χ4n) is 4.06. The Hall–Kier alpha value is -2.95. The van der Waals surface area contributed by atoms with E-state index in [0.717, 1.165) is 11.8 Å². The van der Waals surface area contributed by atoms with E-state index in [4.69, 9.17) is 9.47 Å². The van der Waals surface area contributed by atoms with Crippen molar-refractivity contribution in [2.24, 2.45) is 0 Å². The first-order valence-electron chi connectivity index (χ1n) is 10.9. The van der Waals surface area contributed by atoms with Crippen LogP contribution < -0.4 is 9.64 Å². The quantitative estimate of drug-likeness (QED) is 0.646. The fraction of sp³-hybridized carbons (Fsp3) is 0.500. The normalized spacial score (nSPS) is 16.8. The highest BCUT2D eigenvalue weighted by Gasteiger charge is 2.28. The largest absolute Gasteiger partial charge is 0.474 e. The summed E-state index contributed by atoms with van der Waals surface area (Å²) in [5.41, 5.74) is 1.33. The fourth-order valence-corrected chi connectivity index (χ4v) is 4.83. The Bertz CT molecular complexity index is 1150. The van der Waals surface area contributed by atoms with Crippen molar-refractivity contribution in [2.75, 3.05) is 30.8 Å². The lowest BCUT2D eigenvalue weighted by molar-refractivity contribution is 0.0507. The molecule has 2 aliphatic heterocycles. The van der Waals surface area contributed by atoms with Crippen LogP contribution in [-0.2, 0) is 21.0 Å². The van der Waals surface area contributed by atoms with Crippen LogP contribution in [0.2, 0.25) is 0 Å². The third-order valence-electron chi connectivity index (χ3n) is 5.66. The minimum Gasteiger partial charge on any atom is -0.474 e. The van der Waals surface area contributed by atoms with Gasteiger partial charge in [0.25, 0.3) is 0 Å².